The fourth-order valence-corrected chi connectivity index (χ4v) is 2.84. The molecule has 3 rings (SSSR count). The van der Waals surface area contributed by atoms with Gasteiger partial charge in [0.2, 0.25) is 0 Å². The van der Waals surface area contributed by atoms with Gasteiger partial charge in [0.25, 0.3) is 5.91 Å². The first-order valence-electron chi connectivity index (χ1n) is 7.28. The molecule has 2 aromatic rings. The lowest BCUT2D eigenvalue weighted by molar-refractivity contribution is 0.102. The number of nitrogens with one attached hydrogen (secondary N) is 1. The van der Waals surface area contributed by atoms with Crippen LogP contribution in [0.25, 0.3) is 0 Å². The maximum absolute atomic E-state index is 12.4. The number of hydrogen-bond donors (Lipinski definition) is 2. The number of fused-ring (bicyclic) bond motifs is 1. The second-order valence-corrected chi connectivity index (χ2v) is 5.74. The van der Waals surface area contributed by atoms with Crippen molar-refractivity contribution in [1.82, 2.24) is 0 Å². The Morgan fingerprint density at radius 2 is 1.81 bits per heavy atom. The zero-order valence-corrected chi connectivity index (χ0v) is 12.4. The minimum absolute atomic E-state index is 0.0992. The van der Waals surface area contributed by atoms with Gasteiger partial charge in [-0.05, 0) is 79.6 Å². The highest BCUT2D eigenvalue weighted by Gasteiger charge is 2.15. The van der Waals surface area contributed by atoms with Gasteiger partial charge in [-0.25, -0.2) is 0 Å². The van der Waals surface area contributed by atoms with Crippen molar-refractivity contribution in [1.29, 1.82) is 0 Å². The van der Waals surface area contributed by atoms with E-state index < -0.39 is 0 Å². The summed E-state index contributed by atoms with van der Waals surface area (Å²) in [5.74, 6) is 0.154. The smallest absolute Gasteiger partial charge is 0.255 e. The van der Waals surface area contributed by atoms with Crippen LogP contribution >= 0.6 is 0 Å². The van der Waals surface area contributed by atoms with Crippen LogP contribution in [-0.4, -0.2) is 11.0 Å². The summed E-state index contributed by atoms with van der Waals surface area (Å²) in [5.41, 5.74) is 5.71. The van der Waals surface area contributed by atoms with Gasteiger partial charge < -0.3 is 10.4 Å². The molecule has 0 atom stereocenters. The molecule has 0 aromatic heterocycles. The highest BCUT2D eigenvalue weighted by Crippen LogP contribution is 2.26. The summed E-state index contributed by atoms with van der Waals surface area (Å²) in [5, 5.41) is 12.6. The number of hydrogen-bond acceptors (Lipinski definition) is 2. The molecule has 0 saturated carbocycles. The molecule has 0 saturated heterocycles. The van der Waals surface area contributed by atoms with E-state index in [0.717, 1.165) is 29.7 Å². The van der Waals surface area contributed by atoms with E-state index in [4.69, 9.17) is 0 Å². The molecule has 3 heteroatoms. The third-order valence-corrected chi connectivity index (χ3v) is 4.15. The SMILES string of the molecule is Cc1cc(NC(=O)c2ccc3c(c2)CCC3)c(C)cc1O. The molecule has 1 aliphatic carbocycles. The number of aromatic hydroxyl groups is 1. The van der Waals surface area contributed by atoms with Crippen molar-refractivity contribution >= 4 is 11.6 Å². The molecule has 0 fully saturated rings. The first kappa shape index (κ1) is 13.7. The van der Waals surface area contributed by atoms with Crippen LogP contribution in [0.15, 0.2) is 30.3 Å². The Morgan fingerprint density at radius 3 is 2.62 bits per heavy atom. The summed E-state index contributed by atoms with van der Waals surface area (Å²) < 4.78 is 0. The van der Waals surface area contributed by atoms with Crippen molar-refractivity contribution in [3.8, 4) is 5.75 Å². The molecule has 21 heavy (non-hydrogen) atoms. The van der Waals surface area contributed by atoms with Crippen molar-refractivity contribution in [2.45, 2.75) is 33.1 Å². The van der Waals surface area contributed by atoms with E-state index in [9.17, 15) is 9.90 Å². The van der Waals surface area contributed by atoms with E-state index >= 15 is 0 Å². The lowest BCUT2D eigenvalue weighted by atomic mass is 10.1. The molecule has 2 N–H and O–H groups in total. The van der Waals surface area contributed by atoms with Gasteiger partial charge in [-0.3, -0.25) is 4.79 Å². The highest BCUT2D eigenvalue weighted by atomic mass is 16.3. The van der Waals surface area contributed by atoms with Gasteiger partial charge in [0.15, 0.2) is 0 Å². The van der Waals surface area contributed by atoms with Gasteiger partial charge >= 0.3 is 0 Å². The second-order valence-electron chi connectivity index (χ2n) is 5.74. The molecule has 0 unspecified atom stereocenters. The number of phenols is 1. The van der Waals surface area contributed by atoms with Crippen molar-refractivity contribution in [2.24, 2.45) is 0 Å². The molecule has 3 nitrogen and oxygen atoms in total. The minimum atomic E-state index is -0.0992. The predicted molar refractivity (Wildman–Crippen MR) is 84.0 cm³/mol. The quantitative estimate of drug-likeness (QED) is 0.824. The van der Waals surface area contributed by atoms with Crippen LogP contribution in [0, 0.1) is 13.8 Å². The molecule has 108 valence electrons. The van der Waals surface area contributed by atoms with Gasteiger partial charge in [-0.1, -0.05) is 6.07 Å². The van der Waals surface area contributed by atoms with Gasteiger partial charge in [-0.15, -0.1) is 0 Å². The lowest BCUT2D eigenvalue weighted by Gasteiger charge is -2.11. The molecule has 0 heterocycles. The molecule has 1 aliphatic rings. The lowest BCUT2D eigenvalue weighted by Crippen LogP contribution is -2.13. The number of amides is 1. The monoisotopic (exact) mass is 281 g/mol. The zero-order chi connectivity index (χ0) is 15.0. The van der Waals surface area contributed by atoms with Crippen molar-refractivity contribution in [2.75, 3.05) is 5.32 Å². The van der Waals surface area contributed by atoms with Gasteiger partial charge in [-0.2, -0.15) is 0 Å². The van der Waals surface area contributed by atoms with Crippen LogP contribution in [0.2, 0.25) is 0 Å². The Labute approximate surface area is 124 Å². The molecular formula is C18H19NO2. The molecule has 0 bridgehead atoms. The number of rotatable bonds is 2. The molecule has 0 radical (unpaired) electrons. The average Bonchev–Trinajstić information content (AvgIpc) is 2.92. The summed E-state index contributed by atoms with van der Waals surface area (Å²) in [6, 6.07) is 9.43. The van der Waals surface area contributed by atoms with Crippen LogP contribution < -0.4 is 5.32 Å². The van der Waals surface area contributed by atoms with E-state index in [-0.39, 0.29) is 11.7 Å². The van der Waals surface area contributed by atoms with Crippen molar-refractivity contribution in [3.05, 3.63) is 58.1 Å². The Balaban J connectivity index is 1.85. The largest absolute Gasteiger partial charge is 0.508 e. The third kappa shape index (κ3) is 2.64. The summed E-state index contributed by atoms with van der Waals surface area (Å²) >= 11 is 0. The first-order chi connectivity index (χ1) is 10.0. The normalized spacial score (nSPS) is 13.0. The molecule has 0 aliphatic heterocycles. The van der Waals surface area contributed by atoms with Crippen LogP contribution in [0.1, 0.15) is 39.0 Å². The second kappa shape index (κ2) is 5.24. The summed E-state index contributed by atoms with van der Waals surface area (Å²) in [4.78, 5) is 12.4. The summed E-state index contributed by atoms with van der Waals surface area (Å²) in [7, 11) is 0. The number of anilines is 1. The molecular weight excluding hydrogens is 262 g/mol. The van der Waals surface area contributed by atoms with E-state index in [1.807, 2.05) is 26.0 Å². The Hall–Kier alpha value is -2.29. The Morgan fingerprint density at radius 1 is 1.05 bits per heavy atom. The zero-order valence-electron chi connectivity index (χ0n) is 12.4. The molecule has 0 spiro atoms. The molecule has 2 aromatic carbocycles. The summed E-state index contributed by atoms with van der Waals surface area (Å²) in [6.07, 6.45) is 3.36. The number of carbonyl (C=O) groups excluding carboxylic acids is 1. The fraction of sp³-hybridized carbons (Fsp3) is 0.278. The van der Waals surface area contributed by atoms with Gasteiger partial charge in [0.05, 0.1) is 0 Å². The number of aryl methyl sites for hydroxylation is 4. The Kier molecular flexibility index (Phi) is 3.42. The van der Waals surface area contributed by atoms with Gasteiger partial charge in [0, 0.05) is 11.3 Å². The van der Waals surface area contributed by atoms with E-state index in [2.05, 4.69) is 11.4 Å². The van der Waals surface area contributed by atoms with E-state index in [1.54, 1.807) is 12.1 Å². The van der Waals surface area contributed by atoms with Crippen LogP contribution in [0.5, 0.6) is 5.75 Å². The van der Waals surface area contributed by atoms with Gasteiger partial charge in [0.1, 0.15) is 5.75 Å². The highest BCUT2D eigenvalue weighted by molar-refractivity contribution is 6.05. The third-order valence-electron chi connectivity index (χ3n) is 4.15. The average molecular weight is 281 g/mol. The standard InChI is InChI=1S/C18H19NO2/c1-11-9-17(20)12(2)8-16(11)19-18(21)15-7-6-13-4-3-5-14(13)10-15/h6-10,20H,3-5H2,1-2H3,(H,19,21). The molecule has 1 amide bonds. The number of phenolic OH excluding ortho intramolecular Hbond substituents is 1. The van der Waals surface area contributed by atoms with E-state index in [1.165, 1.54) is 17.5 Å². The van der Waals surface area contributed by atoms with Crippen molar-refractivity contribution in [3.63, 3.8) is 0 Å². The predicted octanol–water partition coefficient (Wildman–Crippen LogP) is 3.75. The topological polar surface area (TPSA) is 49.3 Å². The number of carbonyl (C=O) groups is 1. The first-order valence-corrected chi connectivity index (χ1v) is 7.28. The summed E-state index contributed by atoms with van der Waals surface area (Å²) in [6.45, 7) is 3.69. The van der Waals surface area contributed by atoms with Crippen LogP contribution in [0.3, 0.4) is 0 Å². The fourth-order valence-electron chi connectivity index (χ4n) is 2.84. The maximum atomic E-state index is 12.4. The maximum Gasteiger partial charge on any atom is 0.255 e. The van der Waals surface area contributed by atoms with Crippen molar-refractivity contribution < 1.29 is 9.90 Å². The van der Waals surface area contributed by atoms with E-state index in [0.29, 0.717) is 5.56 Å². The minimum Gasteiger partial charge on any atom is -0.508 e. The Bertz CT molecular complexity index is 719. The van der Waals surface area contributed by atoms with Crippen LogP contribution in [0.4, 0.5) is 5.69 Å². The number of benzene rings is 2. The van der Waals surface area contributed by atoms with Crippen LogP contribution in [-0.2, 0) is 12.8 Å².